The molecule has 4 aromatic carbocycles. The first kappa shape index (κ1) is 18.6. The van der Waals surface area contributed by atoms with E-state index < -0.39 is 0 Å². The summed E-state index contributed by atoms with van der Waals surface area (Å²) in [4.78, 5) is 20.8. The molecule has 0 aliphatic carbocycles. The van der Waals surface area contributed by atoms with Gasteiger partial charge in [0.25, 0.3) is 5.69 Å². The van der Waals surface area contributed by atoms with Crippen LogP contribution in [-0.2, 0) is 0 Å². The number of benzene rings is 4. The third kappa shape index (κ3) is 3.53. The van der Waals surface area contributed by atoms with E-state index in [4.69, 9.17) is 9.97 Å². The number of fused-ring (bicyclic) bond motifs is 1. The molecular weight excluding hydrogens is 386 g/mol. The van der Waals surface area contributed by atoms with E-state index in [0.717, 1.165) is 44.7 Å². The average molecular weight is 403 g/mol. The molecule has 5 aromatic rings. The Morgan fingerprint density at radius 2 is 1.16 bits per heavy atom. The SMILES string of the molecule is O=[N+]([O-])c1cccc(-c2ccccc2-c2nc3ccccc3nc2-c2ccccc2)c1. The van der Waals surface area contributed by atoms with Crippen LogP contribution >= 0.6 is 0 Å². The van der Waals surface area contributed by atoms with Crippen molar-refractivity contribution in [1.82, 2.24) is 9.97 Å². The minimum atomic E-state index is -0.378. The number of nitrogens with zero attached hydrogens (tertiary/aromatic N) is 3. The van der Waals surface area contributed by atoms with Gasteiger partial charge in [0.15, 0.2) is 0 Å². The van der Waals surface area contributed by atoms with Crippen LogP contribution < -0.4 is 0 Å². The van der Waals surface area contributed by atoms with E-state index in [2.05, 4.69) is 0 Å². The van der Waals surface area contributed by atoms with Gasteiger partial charge in [-0.2, -0.15) is 0 Å². The van der Waals surface area contributed by atoms with Crippen molar-refractivity contribution in [3.05, 3.63) is 113 Å². The van der Waals surface area contributed by atoms with Gasteiger partial charge in [-0.05, 0) is 23.3 Å². The lowest BCUT2D eigenvalue weighted by atomic mass is 9.94. The number of non-ortho nitro benzene ring substituents is 1. The van der Waals surface area contributed by atoms with Crippen molar-refractivity contribution in [2.24, 2.45) is 0 Å². The Bertz CT molecular complexity index is 1420. The van der Waals surface area contributed by atoms with Gasteiger partial charge in [-0.25, -0.2) is 9.97 Å². The maximum Gasteiger partial charge on any atom is 0.270 e. The highest BCUT2D eigenvalue weighted by Gasteiger charge is 2.17. The second-order valence-electron chi connectivity index (χ2n) is 7.13. The minimum Gasteiger partial charge on any atom is -0.258 e. The molecule has 0 saturated carbocycles. The molecule has 0 unspecified atom stereocenters. The molecule has 0 aliphatic rings. The van der Waals surface area contributed by atoms with Crippen molar-refractivity contribution in [1.29, 1.82) is 0 Å². The largest absolute Gasteiger partial charge is 0.270 e. The van der Waals surface area contributed by atoms with E-state index in [-0.39, 0.29) is 10.6 Å². The normalized spacial score (nSPS) is 10.8. The Hall–Kier alpha value is -4.38. The van der Waals surface area contributed by atoms with Crippen LogP contribution in [0.3, 0.4) is 0 Å². The molecule has 31 heavy (non-hydrogen) atoms. The van der Waals surface area contributed by atoms with Gasteiger partial charge in [0.1, 0.15) is 0 Å². The predicted octanol–water partition coefficient (Wildman–Crippen LogP) is 6.54. The molecule has 1 heterocycles. The summed E-state index contributed by atoms with van der Waals surface area (Å²) in [5.41, 5.74) is 6.66. The van der Waals surface area contributed by atoms with Crippen LogP contribution in [0, 0.1) is 10.1 Å². The van der Waals surface area contributed by atoms with Crippen molar-refractivity contribution in [3.63, 3.8) is 0 Å². The number of hydrogen-bond donors (Lipinski definition) is 0. The smallest absolute Gasteiger partial charge is 0.258 e. The first-order valence-corrected chi connectivity index (χ1v) is 9.87. The van der Waals surface area contributed by atoms with Gasteiger partial charge in [0.05, 0.1) is 27.3 Å². The highest BCUT2D eigenvalue weighted by molar-refractivity contribution is 5.92. The van der Waals surface area contributed by atoms with Crippen molar-refractivity contribution < 1.29 is 4.92 Å². The molecule has 5 nitrogen and oxygen atoms in total. The molecule has 5 heteroatoms. The molecule has 5 rings (SSSR count). The summed E-state index contributed by atoms with van der Waals surface area (Å²) in [6, 6.07) is 32.2. The van der Waals surface area contributed by atoms with E-state index in [9.17, 15) is 10.1 Å². The van der Waals surface area contributed by atoms with Gasteiger partial charge >= 0.3 is 0 Å². The summed E-state index contributed by atoms with van der Waals surface area (Å²) in [6.07, 6.45) is 0. The zero-order valence-corrected chi connectivity index (χ0v) is 16.5. The molecule has 0 saturated heterocycles. The monoisotopic (exact) mass is 403 g/mol. The van der Waals surface area contributed by atoms with Gasteiger partial charge in [-0.3, -0.25) is 10.1 Å². The van der Waals surface area contributed by atoms with Crippen LogP contribution in [0.4, 0.5) is 5.69 Å². The molecule has 0 atom stereocenters. The molecule has 0 radical (unpaired) electrons. The Balaban J connectivity index is 1.79. The molecule has 0 fully saturated rings. The van der Waals surface area contributed by atoms with Crippen molar-refractivity contribution in [3.8, 4) is 33.6 Å². The van der Waals surface area contributed by atoms with Crippen LogP contribution in [0.25, 0.3) is 44.7 Å². The van der Waals surface area contributed by atoms with Gasteiger partial charge in [-0.1, -0.05) is 78.9 Å². The van der Waals surface area contributed by atoms with Gasteiger partial charge < -0.3 is 0 Å². The fraction of sp³-hybridized carbons (Fsp3) is 0. The number of hydrogen-bond acceptors (Lipinski definition) is 4. The van der Waals surface area contributed by atoms with Crippen LogP contribution in [0.1, 0.15) is 0 Å². The summed E-state index contributed by atoms with van der Waals surface area (Å²) in [5.74, 6) is 0. The maximum absolute atomic E-state index is 11.3. The lowest BCUT2D eigenvalue weighted by Crippen LogP contribution is -1.97. The van der Waals surface area contributed by atoms with E-state index in [0.29, 0.717) is 0 Å². The first-order chi connectivity index (χ1) is 15.2. The Morgan fingerprint density at radius 3 is 1.87 bits per heavy atom. The van der Waals surface area contributed by atoms with Gasteiger partial charge in [-0.15, -0.1) is 0 Å². The minimum absolute atomic E-state index is 0.0557. The van der Waals surface area contributed by atoms with Gasteiger partial charge in [0.2, 0.25) is 0 Å². The summed E-state index contributed by atoms with van der Waals surface area (Å²) < 4.78 is 0. The summed E-state index contributed by atoms with van der Waals surface area (Å²) in [5, 5.41) is 11.3. The molecule has 148 valence electrons. The lowest BCUT2D eigenvalue weighted by molar-refractivity contribution is -0.384. The summed E-state index contributed by atoms with van der Waals surface area (Å²) >= 11 is 0. The molecule has 0 N–H and O–H groups in total. The van der Waals surface area contributed by atoms with E-state index in [1.165, 1.54) is 6.07 Å². The van der Waals surface area contributed by atoms with Crippen molar-refractivity contribution >= 4 is 16.7 Å². The highest BCUT2D eigenvalue weighted by Crippen LogP contribution is 2.37. The number of nitro benzene ring substituents is 1. The quantitative estimate of drug-likeness (QED) is 0.252. The zero-order valence-electron chi connectivity index (χ0n) is 16.5. The van der Waals surface area contributed by atoms with Crippen LogP contribution in [0.5, 0.6) is 0 Å². The van der Waals surface area contributed by atoms with Crippen LogP contribution in [0.2, 0.25) is 0 Å². The molecule has 0 bridgehead atoms. The number of aromatic nitrogens is 2. The molecule has 0 spiro atoms. The summed E-state index contributed by atoms with van der Waals surface area (Å²) in [6.45, 7) is 0. The standard InChI is InChI=1S/C26H17N3O2/c30-29(31)20-12-8-11-19(17-20)21-13-4-5-14-22(21)26-25(18-9-2-1-3-10-18)27-23-15-6-7-16-24(23)28-26/h1-17H. The molecular formula is C26H17N3O2. The Kier molecular flexibility index (Phi) is 4.69. The topological polar surface area (TPSA) is 68.9 Å². The van der Waals surface area contributed by atoms with E-state index in [1.54, 1.807) is 12.1 Å². The number of rotatable bonds is 4. The van der Waals surface area contributed by atoms with Crippen molar-refractivity contribution in [2.45, 2.75) is 0 Å². The maximum atomic E-state index is 11.3. The highest BCUT2D eigenvalue weighted by atomic mass is 16.6. The fourth-order valence-corrected chi connectivity index (χ4v) is 3.71. The fourth-order valence-electron chi connectivity index (χ4n) is 3.71. The van der Waals surface area contributed by atoms with E-state index in [1.807, 2.05) is 84.9 Å². The third-order valence-corrected chi connectivity index (χ3v) is 5.17. The second-order valence-corrected chi connectivity index (χ2v) is 7.13. The molecule has 0 aliphatic heterocycles. The van der Waals surface area contributed by atoms with E-state index >= 15 is 0 Å². The molecule has 0 amide bonds. The zero-order chi connectivity index (χ0) is 21.2. The first-order valence-electron chi connectivity index (χ1n) is 9.87. The van der Waals surface area contributed by atoms with Gasteiger partial charge in [0, 0.05) is 23.3 Å². The Morgan fingerprint density at radius 1 is 0.581 bits per heavy atom. The number of nitro groups is 1. The lowest BCUT2D eigenvalue weighted by Gasteiger charge is -2.14. The number of para-hydroxylation sites is 2. The molecule has 1 aromatic heterocycles. The second kappa shape index (κ2) is 7.80. The third-order valence-electron chi connectivity index (χ3n) is 5.17. The Labute approximate surface area is 178 Å². The van der Waals surface area contributed by atoms with Crippen LogP contribution in [0.15, 0.2) is 103 Å². The van der Waals surface area contributed by atoms with Crippen molar-refractivity contribution in [2.75, 3.05) is 0 Å². The van der Waals surface area contributed by atoms with Crippen LogP contribution in [-0.4, -0.2) is 14.9 Å². The predicted molar refractivity (Wildman–Crippen MR) is 123 cm³/mol. The average Bonchev–Trinajstić information content (AvgIpc) is 2.84. The summed E-state index contributed by atoms with van der Waals surface area (Å²) in [7, 11) is 0.